The minimum Gasteiger partial charge on any atom is -0.469 e. The summed E-state index contributed by atoms with van der Waals surface area (Å²) in [6.07, 6.45) is 0.0724. The van der Waals surface area contributed by atoms with E-state index in [-0.39, 0.29) is 24.8 Å². The Morgan fingerprint density at radius 3 is 2.82 bits per heavy atom. The molecule has 0 aliphatic heterocycles. The summed E-state index contributed by atoms with van der Waals surface area (Å²) in [6, 6.07) is 6.33. The van der Waals surface area contributed by atoms with E-state index in [4.69, 9.17) is 22.6 Å². The fourth-order valence-electron chi connectivity index (χ4n) is 1.24. The van der Waals surface area contributed by atoms with Crippen LogP contribution in [0.4, 0.5) is 0 Å². The third-order valence-electron chi connectivity index (χ3n) is 2.15. The largest absolute Gasteiger partial charge is 0.469 e. The van der Waals surface area contributed by atoms with Crippen LogP contribution < -0.4 is 5.73 Å². The number of hydrogen-bond acceptors (Lipinski definition) is 4. The van der Waals surface area contributed by atoms with E-state index >= 15 is 0 Å². The van der Waals surface area contributed by atoms with Gasteiger partial charge >= 0.3 is 5.97 Å². The minimum absolute atomic E-state index is 0. The van der Waals surface area contributed by atoms with Gasteiger partial charge in [-0.25, -0.2) is 0 Å². The maximum atomic E-state index is 11.0. The standard InChI is InChI=1S/C11H11ClN2O2.ClH/c1-16-11(15)5-10(14)7-2-3-9(12)8(4-7)6-13;/h2-4,10H,5,14H2,1H3;1H/t10-;/m1./s1. The minimum atomic E-state index is -0.489. The predicted molar refractivity (Wildman–Crippen MR) is 67.0 cm³/mol. The van der Waals surface area contributed by atoms with Crippen molar-refractivity contribution in [3.63, 3.8) is 0 Å². The Kier molecular flexibility index (Phi) is 6.59. The summed E-state index contributed by atoms with van der Waals surface area (Å²) in [7, 11) is 1.30. The molecule has 0 aromatic heterocycles. The van der Waals surface area contributed by atoms with E-state index in [1.54, 1.807) is 18.2 Å². The lowest BCUT2D eigenvalue weighted by atomic mass is 10.0. The number of nitrogens with two attached hydrogens (primary N) is 1. The average molecular weight is 275 g/mol. The molecular formula is C11H12Cl2N2O2. The van der Waals surface area contributed by atoms with Gasteiger partial charge in [0.05, 0.1) is 24.1 Å². The second kappa shape index (κ2) is 7.13. The van der Waals surface area contributed by atoms with Crippen LogP contribution in [-0.4, -0.2) is 13.1 Å². The van der Waals surface area contributed by atoms with E-state index in [1.165, 1.54) is 7.11 Å². The Bertz CT molecular complexity index is 444. The van der Waals surface area contributed by atoms with Crippen LogP contribution in [0.2, 0.25) is 5.02 Å². The molecule has 0 heterocycles. The van der Waals surface area contributed by atoms with Crippen LogP contribution in [0.15, 0.2) is 18.2 Å². The lowest BCUT2D eigenvalue weighted by molar-refractivity contribution is -0.141. The molecule has 0 amide bonds. The van der Waals surface area contributed by atoms with Crippen molar-refractivity contribution in [1.82, 2.24) is 0 Å². The first-order valence-electron chi connectivity index (χ1n) is 4.60. The van der Waals surface area contributed by atoms with Gasteiger partial charge < -0.3 is 10.5 Å². The summed E-state index contributed by atoms with van der Waals surface area (Å²) in [5.74, 6) is -0.388. The second-order valence-electron chi connectivity index (χ2n) is 3.24. The highest BCUT2D eigenvalue weighted by Gasteiger charge is 2.13. The van der Waals surface area contributed by atoms with Crippen molar-refractivity contribution in [2.24, 2.45) is 5.73 Å². The number of carbonyl (C=O) groups is 1. The average Bonchev–Trinajstić information content (AvgIpc) is 2.29. The zero-order valence-electron chi connectivity index (χ0n) is 9.14. The monoisotopic (exact) mass is 274 g/mol. The van der Waals surface area contributed by atoms with Crippen LogP contribution in [0, 0.1) is 11.3 Å². The van der Waals surface area contributed by atoms with Crippen LogP contribution in [0.1, 0.15) is 23.6 Å². The third-order valence-corrected chi connectivity index (χ3v) is 2.48. The van der Waals surface area contributed by atoms with Gasteiger partial charge in [-0.05, 0) is 17.7 Å². The molecule has 92 valence electrons. The highest BCUT2D eigenvalue weighted by molar-refractivity contribution is 6.31. The number of carbonyl (C=O) groups excluding carboxylic acids is 1. The Labute approximate surface area is 111 Å². The SMILES string of the molecule is COC(=O)C[C@@H](N)c1ccc(Cl)c(C#N)c1.Cl. The molecule has 2 N–H and O–H groups in total. The number of benzene rings is 1. The zero-order chi connectivity index (χ0) is 12.1. The van der Waals surface area contributed by atoms with Gasteiger partial charge in [-0.1, -0.05) is 17.7 Å². The quantitative estimate of drug-likeness (QED) is 0.858. The number of rotatable bonds is 3. The van der Waals surface area contributed by atoms with Crippen molar-refractivity contribution in [3.8, 4) is 6.07 Å². The molecule has 1 aromatic carbocycles. The molecule has 1 aromatic rings. The number of methoxy groups -OCH3 is 1. The third kappa shape index (κ3) is 4.23. The molecule has 4 nitrogen and oxygen atoms in total. The first kappa shape index (κ1) is 15.7. The van der Waals surface area contributed by atoms with E-state index in [2.05, 4.69) is 4.74 Å². The fourth-order valence-corrected chi connectivity index (χ4v) is 1.40. The Balaban J connectivity index is 0.00000256. The summed E-state index contributed by atoms with van der Waals surface area (Å²) >= 11 is 5.78. The zero-order valence-corrected chi connectivity index (χ0v) is 10.7. The number of halogens is 2. The number of esters is 1. The highest BCUT2D eigenvalue weighted by Crippen LogP contribution is 2.21. The van der Waals surface area contributed by atoms with Crippen molar-refractivity contribution in [3.05, 3.63) is 34.3 Å². The molecule has 17 heavy (non-hydrogen) atoms. The molecule has 0 bridgehead atoms. The lowest BCUT2D eigenvalue weighted by Crippen LogP contribution is -2.16. The van der Waals surface area contributed by atoms with Gasteiger partial charge in [0.15, 0.2) is 0 Å². The molecule has 0 radical (unpaired) electrons. The van der Waals surface area contributed by atoms with Gasteiger partial charge in [-0.15, -0.1) is 12.4 Å². The molecule has 0 saturated heterocycles. The van der Waals surface area contributed by atoms with Crippen LogP contribution >= 0.6 is 24.0 Å². The lowest BCUT2D eigenvalue weighted by Gasteiger charge is -2.11. The number of nitriles is 1. The van der Waals surface area contributed by atoms with Gasteiger partial charge in [0.1, 0.15) is 6.07 Å². The molecule has 0 aliphatic carbocycles. The number of ether oxygens (including phenoxy) is 1. The van der Waals surface area contributed by atoms with Crippen molar-refractivity contribution in [2.75, 3.05) is 7.11 Å². The molecule has 0 saturated carbocycles. The van der Waals surface area contributed by atoms with Crippen LogP contribution in [-0.2, 0) is 9.53 Å². The van der Waals surface area contributed by atoms with E-state index < -0.39 is 6.04 Å². The van der Waals surface area contributed by atoms with Gasteiger partial charge in [0.25, 0.3) is 0 Å². The first-order valence-corrected chi connectivity index (χ1v) is 4.98. The summed E-state index contributed by atoms with van der Waals surface area (Å²) in [4.78, 5) is 11.0. The van der Waals surface area contributed by atoms with Crippen LogP contribution in [0.3, 0.4) is 0 Å². The topological polar surface area (TPSA) is 76.1 Å². The number of hydrogen-bond donors (Lipinski definition) is 1. The maximum absolute atomic E-state index is 11.0. The van der Waals surface area contributed by atoms with E-state index in [0.717, 1.165) is 0 Å². The van der Waals surface area contributed by atoms with Crippen molar-refractivity contribution in [1.29, 1.82) is 5.26 Å². The molecule has 0 unspecified atom stereocenters. The predicted octanol–water partition coefficient (Wildman–Crippen LogP) is 2.20. The molecule has 1 atom stereocenters. The summed E-state index contributed by atoms with van der Waals surface area (Å²) in [6.45, 7) is 0. The van der Waals surface area contributed by atoms with Gasteiger partial charge in [-0.2, -0.15) is 5.26 Å². The van der Waals surface area contributed by atoms with Crippen LogP contribution in [0.5, 0.6) is 0 Å². The summed E-state index contributed by atoms with van der Waals surface area (Å²) in [5.41, 5.74) is 6.83. The number of nitrogens with zero attached hydrogens (tertiary/aromatic N) is 1. The Hall–Kier alpha value is -1.28. The first-order chi connectivity index (χ1) is 7.58. The Morgan fingerprint density at radius 1 is 1.65 bits per heavy atom. The van der Waals surface area contributed by atoms with E-state index in [1.807, 2.05) is 6.07 Å². The second-order valence-corrected chi connectivity index (χ2v) is 3.65. The smallest absolute Gasteiger partial charge is 0.307 e. The molecular weight excluding hydrogens is 263 g/mol. The van der Waals surface area contributed by atoms with Gasteiger partial charge in [0, 0.05) is 6.04 Å². The summed E-state index contributed by atoms with van der Waals surface area (Å²) < 4.78 is 4.51. The summed E-state index contributed by atoms with van der Waals surface area (Å²) in [5, 5.41) is 9.16. The van der Waals surface area contributed by atoms with E-state index in [9.17, 15) is 4.79 Å². The molecule has 6 heteroatoms. The molecule has 0 aliphatic rings. The van der Waals surface area contributed by atoms with Crippen LogP contribution in [0.25, 0.3) is 0 Å². The highest BCUT2D eigenvalue weighted by atomic mass is 35.5. The van der Waals surface area contributed by atoms with Gasteiger partial charge in [-0.3, -0.25) is 4.79 Å². The van der Waals surface area contributed by atoms with Crippen molar-refractivity contribution >= 4 is 30.0 Å². The fraction of sp³-hybridized carbons (Fsp3) is 0.273. The molecule has 0 fully saturated rings. The van der Waals surface area contributed by atoms with E-state index in [0.29, 0.717) is 16.1 Å². The molecule has 0 spiro atoms. The van der Waals surface area contributed by atoms with Crippen molar-refractivity contribution < 1.29 is 9.53 Å². The normalized spacial score (nSPS) is 10.9. The maximum Gasteiger partial charge on any atom is 0.307 e. The van der Waals surface area contributed by atoms with Gasteiger partial charge in [0.2, 0.25) is 0 Å². The Morgan fingerprint density at radius 2 is 2.29 bits per heavy atom. The molecule has 1 rings (SSSR count). The van der Waals surface area contributed by atoms with Crippen molar-refractivity contribution in [2.45, 2.75) is 12.5 Å².